The zero-order valence-corrected chi connectivity index (χ0v) is 27.5. The quantitative estimate of drug-likeness (QED) is 0.123. The summed E-state index contributed by atoms with van der Waals surface area (Å²) >= 11 is 3.61. The summed E-state index contributed by atoms with van der Waals surface area (Å²) in [5, 5.41) is 17.2. The highest BCUT2D eigenvalue weighted by Gasteiger charge is 2.35. The molecule has 0 unspecified atom stereocenters. The lowest BCUT2D eigenvalue weighted by Crippen LogP contribution is -2.21. The Morgan fingerprint density at radius 1 is 0.750 bits per heavy atom. The average molecular weight is 612 g/mol. The van der Waals surface area contributed by atoms with E-state index in [2.05, 4.69) is 126 Å². The maximum Gasteiger partial charge on any atom is 0.246 e. The van der Waals surface area contributed by atoms with Crippen molar-refractivity contribution >= 4 is 72.2 Å². The van der Waals surface area contributed by atoms with E-state index >= 15 is 0 Å². The Hall–Kier alpha value is -3.99. The van der Waals surface area contributed by atoms with E-state index in [4.69, 9.17) is 0 Å². The van der Waals surface area contributed by atoms with Crippen molar-refractivity contribution in [2.24, 2.45) is 5.41 Å². The summed E-state index contributed by atoms with van der Waals surface area (Å²) < 4.78 is 1.20. The minimum absolute atomic E-state index is 0.0617. The van der Waals surface area contributed by atoms with Gasteiger partial charge in [-0.25, -0.2) is 0 Å². The molecule has 0 saturated heterocycles. The van der Waals surface area contributed by atoms with E-state index < -0.39 is 0 Å². The Morgan fingerprint density at radius 2 is 1.41 bits per heavy atom. The van der Waals surface area contributed by atoms with E-state index in [0.717, 1.165) is 22.1 Å². The van der Waals surface area contributed by atoms with Gasteiger partial charge < -0.3 is 5.11 Å². The van der Waals surface area contributed by atoms with Crippen LogP contribution in [0.4, 0.5) is 0 Å². The molecule has 2 nitrogen and oxygen atoms in total. The predicted octanol–water partition coefficient (Wildman–Crippen LogP) is 11.7. The number of aliphatic hydroxyl groups is 1. The highest BCUT2D eigenvalue weighted by Crippen LogP contribution is 2.50. The zero-order chi connectivity index (χ0) is 31.0. The predicted molar refractivity (Wildman–Crippen MR) is 190 cm³/mol. The van der Waals surface area contributed by atoms with E-state index in [1.54, 1.807) is 23.1 Å². The Bertz CT molecular complexity index is 2180. The molecule has 0 saturated carbocycles. The Morgan fingerprint density at radius 3 is 2.09 bits per heavy atom. The summed E-state index contributed by atoms with van der Waals surface area (Å²) in [4.78, 5) is 17.4. The second-order valence-electron chi connectivity index (χ2n) is 13.8. The van der Waals surface area contributed by atoms with Gasteiger partial charge in [0.1, 0.15) is 5.76 Å². The molecule has 4 aromatic carbocycles. The number of thioether (sulfide) groups is 1. The summed E-state index contributed by atoms with van der Waals surface area (Å²) in [5.41, 5.74) is 3.61. The monoisotopic (exact) mass is 611 g/mol. The fourth-order valence-corrected chi connectivity index (χ4v) is 8.48. The van der Waals surface area contributed by atoms with Gasteiger partial charge in [-0.15, -0.1) is 0 Å². The van der Waals surface area contributed by atoms with Gasteiger partial charge in [0.2, 0.25) is 26.7 Å². The van der Waals surface area contributed by atoms with Crippen molar-refractivity contribution in [2.75, 3.05) is 0 Å². The number of ketones is 1. The molecule has 218 valence electrons. The molecule has 2 heterocycles. The molecule has 1 N–H and O–H groups in total. The number of hydrogen-bond acceptors (Lipinski definition) is 3. The first-order valence-electron chi connectivity index (χ1n) is 15.0. The van der Waals surface area contributed by atoms with Crippen LogP contribution in [0.1, 0.15) is 57.5 Å². The number of Topliss-reactive ketones (excluding diaryl/α,β-unsaturated/α-hetero) is 1. The molecule has 1 aromatic heterocycles. The fraction of sp³-hybridized carbons (Fsp3) is 0.200. The van der Waals surface area contributed by atoms with Crippen LogP contribution in [-0.4, -0.2) is 10.9 Å². The van der Waals surface area contributed by atoms with Crippen molar-refractivity contribution in [1.29, 1.82) is 0 Å². The average Bonchev–Trinajstić information content (AvgIpc) is 3.00. The van der Waals surface area contributed by atoms with Gasteiger partial charge in [0.15, 0.2) is 0 Å². The number of carbonyl (C=O) groups excluding carboxylic acids is 1. The molecule has 0 atom stereocenters. The molecule has 0 radical (unpaired) electrons. The first kappa shape index (κ1) is 28.8. The Balaban J connectivity index is 1.38. The normalized spacial score (nSPS) is 17.5. The van der Waals surface area contributed by atoms with Crippen molar-refractivity contribution in [1.82, 2.24) is 0 Å². The van der Waals surface area contributed by atoms with E-state index in [1.165, 1.54) is 40.9 Å². The van der Waals surface area contributed by atoms with Gasteiger partial charge in [-0.1, -0.05) is 114 Å². The smallest absolute Gasteiger partial charge is 0.246 e. The maximum atomic E-state index is 13.7. The van der Waals surface area contributed by atoms with Gasteiger partial charge >= 0.3 is 0 Å². The highest BCUT2D eigenvalue weighted by atomic mass is 32.2. The van der Waals surface area contributed by atoms with E-state index in [9.17, 15) is 9.90 Å². The number of fused-ring (bicyclic) bond motifs is 6. The minimum Gasteiger partial charge on any atom is -0.506 e. The lowest BCUT2D eigenvalue weighted by molar-refractivity contribution is -0.113. The molecule has 0 spiro atoms. The molecule has 44 heavy (non-hydrogen) atoms. The van der Waals surface area contributed by atoms with Gasteiger partial charge in [0.05, 0.1) is 11.1 Å². The fourth-order valence-electron chi connectivity index (χ4n) is 5.88. The van der Waals surface area contributed by atoms with Crippen LogP contribution < -0.4 is 0 Å². The highest BCUT2D eigenvalue weighted by molar-refractivity contribution is 8.03. The largest absolute Gasteiger partial charge is 0.506 e. The van der Waals surface area contributed by atoms with Crippen LogP contribution in [0.3, 0.4) is 0 Å². The van der Waals surface area contributed by atoms with Crippen LogP contribution >= 0.6 is 23.1 Å². The Kier molecular flexibility index (Phi) is 6.73. The summed E-state index contributed by atoms with van der Waals surface area (Å²) in [6.07, 6.45) is 5.95. The number of rotatable bonds is 2. The third-order valence-electron chi connectivity index (χ3n) is 8.46. The van der Waals surface area contributed by atoms with Gasteiger partial charge in [-0.3, -0.25) is 4.79 Å². The zero-order valence-electron chi connectivity index (χ0n) is 25.9. The molecule has 7 rings (SSSR count). The first-order chi connectivity index (χ1) is 20.9. The van der Waals surface area contributed by atoms with Crippen molar-refractivity contribution in [3.05, 3.63) is 129 Å². The lowest BCUT2D eigenvalue weighted by atomic mass is 9.83. The Labute approximate surface area is 267 Å². The molecule has 2 aliphatic rings. The molecule has 1 aliphatic carbocycles. The van der Waals surface area contributed by atoms with Crippen molar-refractivity contribution in [2.45, 2.75) is 51.9 Å². The van der Waals surface area contributed by atoms with Crippen molar-refractivity contribution < 1.29 is 9.90 Å². The molecular weight excluding hydrogens is 577 g/mol. The summed E-state index contributed by atoms with van der Waals surface area (Å²) in [5.74, 6) is -0.0624. The second-order valence-corrected chi connectivity index (χ2v) is 15.9. The number of benzene rings is 4. The molecule has 4 heteroatoms. The number of aliphatic hydroxyl groups excluding tert-OH is 1. The van der Waals surface area contributed by atoms with Gasteiger partial charge in [0, 0.05) is 27.1 Å². The van der Waals surface area contributed by atoms with E-state index in [-0.39, 0.29) is 22.4 Å². The standard InChI is InChI=1S/C40H34O2S2/c1-39(2,3)33-21-25(29-17-15-23-11-7-9-13-27(23)37(29)43-33)19-31-35(41)32(36(31)42)20-26-22-34(40(4,5)6)44-38-28-14-10-8-12-24(28)16-18-30(26)38/h7-22H,1-6H3/p+1. The maximum absolute atomic E-state index is 13.7. The summed E-state index contributed by atoms with van der Waals surface area (Å²) in [6.45, 7) is 13.3. The van der Waals surface area contributed by atoms with Crippen LogP contribution in [0.2, 0.25) is 0 Å². The molecule has 1 aliphatic heterocycles. The van der Waals surface area contributed by atoms with Crippen molar-refractivity contribution in [3.8, 4) is 0 Å². The molecular formula is C40H35O2S2+. The third kappa shape index (κ3) is 4.81. The van der Waals surface area contributed by atoms with Crippen LogP contribution in [0.25, 0.3) is 43.3 Å². The summed E-state index contributed by atoms with van der Waals surface area (Å²) in [6, 6.07) is 27.6. The van der Waals surface area contributed by atoms with E-state index in [1.807, 2.05) is 12.2 Å². The lowest BCUT2D eigenvalue weighted by Gasteiger charge is -2.29. The minimum atomic E-state index is -0.125. The number of carbonyl (C=O) groups is 1. The number of allylic oxidation sites excluding steroid dienone is 6. The summed E-state index contributed by atoms with van der Waals surface area (Å²) in [7, 11) is 0. The van der Waals surface area contributed by atoms with Crippen LogP contribution in [0, 0.1) is 5.41 Å². The van der Waals surface area contributed by atoms with Gasteiger partial charge in [-0.05, 0) is 73.5 Å². The first-order valence-corrected chi connectivity index (χ1v) is 16.7. The van der Waals surface area contributed by atoms with Crippen LogP contribution in [0.15, 0.2) is 118 Å². The molecule has 0 fully saturated rings. The second kappa shape index (κ2) is 10.3. The van der Waals surface area contributed by atoms with E-state index in [0.29, 0.717) is 11.1 Å². The van der Waals surface area contributed by atoms with Crippen molar-refractivity contribution in [3.63, 3.8) is 0 Å². The van der Waals surface area contributed by atoms with Crippen LogP contribution in [0.5, 0.6) is 0 Å². The van der Waals surface area contributed by atoms with Gasteiger partial charge in [-0.2, -0.15) is 0 Å². The SMILES string of the molecule is CC(C)(C)C1=C/C(=C\C2=C(O)C(=C/c3cc(C(C)(C)C)[s+]c4c3ccc3ccccc34)/C2=O)c2ccc3ccccc3c2S1. The molecule has 0 bridgehead atoms. The topological polar surface area (TPSA) is 37.3 Å². The van der Waals surface area contributed by atoms with Gasteiger partial charge in [0.25, 0.3) is 0 Å². The molecule has 0 amide bonds. The molecule has 5 aromatic rings. The number of hydrogen-bond donors (Lipinski definition) is 1. The third-order valence-corrected chi connectivity index (χ3v) is 11.6. The van der Waals surface area contributed by atoms with Crippen LogP contribution in [-0.2, 0) is 10.2 Å².